The average Bonchev–Trinajstić information content (AvgIpc) is 2.57. The summed E-state index contributed by atoms with van der Waals surface area (Å²) in [6, 6.07) is 3.21. The molecule has 0 aliphatic rings. The number of carboxylic acid groups (broad SMARTS) is 1. The van der Waals surface area contributed by atoms with Crippen LogP contribution in [0.1, 0.15) is 21.7 Å². The van der Waals surface area contributed by atoms with Gasteiger partial charge in [-0.15, -0.1) is 0 Å². The van der Waals surface area contributed by atoms with Crippen LogP contribution in [-0.4, -0.2) is 25.8 Å². The summed E-state index contributed by atoms with van der Waals surface area (Å²) >= 11 is 0. The molecule has 0 saturated heterocycles. The summed E-state index contributed by atoms with van der Waals surface area (Å²) in [6.45, 7) is 3.66. The zero-order valence-corrected chi connectivity index (χ0v) is 10.4. The number of nitrogens with zero attached hydrogens (tertiary/aromatic N) is 3. The van der Waals surface area contributed by atoms with Gasteiger partial charge in [0.25, 0.3) is 0 Å². The molecule has 0 atom stereocenters. The van der Waals surface area contributed by atoms with E-state index < -0.39 is 5.97 Å². The number of aryl methyl sites for hydroxylation is 3. The molecule has 0 aliphatic carbocycles. The van der Waals surface area contributed by atoms with Crippen LogP contribution in [-0.2, 0) is 7.05 Å². The number of nitrogens with one attached hydrogen (secondary N) is 1. The van der Waals surface area contributed by atoms with Gasteiger partial charge in [-0.05, 0) is 26.0 Å². The van der Waals surface area contributed by atoms with E-state index in [2.05, 4.69) is 15.4 Å². The van der Waals surface area contributed by atoms with E-state index in [1.165, 1.54) is 0 Å². The zero-order chi connectivity index (χ0) is 13.3. The third kappa shape index (κ3) is 2.32. The van der Waals surface area contributed by atoms with Gasteiger partial charge in [0.05, 0.1) is 11.4 Å². The fourth-order valence-corrected chi connectivity index (χ4v) is 1.67. The number of hydrogen-bond donors (Lipinski definition) is 2. The van der Waals surface area contributed by atoms with E-state index in [4.69, 9.17) is 5.11 Å². The molecular formula is C12H14N4O2. The summed E-state index contributed by atoms with van der Waals surface area (Å²) in [4.78, 5) is 15.3. The monoisotopic (exact) mass is 246 g/mol. The summed E-state index contributed by atoms with van der Waals surface area (Å²) in [5.41, 5.74) is 2.43. The zero-order valence-electron chi connectivity index (χ0n) is 10.4. The molecule has 94 valence electrons. The van der Waals surface area contributed by atoms with Gasteiger partial charge in [-0.3, -0.25) is 4.68 Å². The van der Waals surface area contributed by atoms with Crippen molar-refractivity contribution >= 4 is 17.5 Å². The van der Waals surface area contributed by atoms with E-state index in [1.807, 2.05) is 13.8 Å². The van der Waals surface area contributed by atoms with Crippen molar-refractivity contribution in [3.8, 4) is 0 Å². The minimum absolute atomic E-state index is 0.142. The largest absolute Gasteiger partial charge is 0.478 e. The van der Waals surface area contributed by atoms with Crippen LogP contribution in [0.25, 0.3) is 0 Å². The Hall–Kier alpha value is -2.37. The molecule has 2 rings (SSSR count). The molecule has 0 bridgehead atoms. The number of rotatable bonds is 3. The maximum atomic E-state index is 11.1. The minimum atomic E-state index is -1.01. The normalized spacial score (nSPS) is 10.4. The van der Waals surface area contributed by atoms with Gasteiger partial charge in [-0.1, -0.05) is 0 Å². The first kappa shape index (κ1) is 12.1. The molecule has 0 unspecified atom stereocenters. The first-order valence-corrected chi connectivity index (χ1v) is 5.45. The number of carboxylic acids is 1. The quantitative estimate of drug-likeness (QED) is 0.864. The SMILES string of the molecule is Cc1ccc(C(=O)O)c(Nc2cn(C)nc2C)n1. The van der Waals surface area contributed by atoms with Crippen LogP contribution >= 0.6 is 0 Å². The highest BCUT2D eigenvalue weighted by molar-refractivity contribution is 5.94. The van der Waals surface area contributed by atoms with Gasteiger partial charge >= 0.3 is 5.97 Å². The second-order valence-corrected chi connectivity index (χ2v) is 4.08. The van der Waals surface area contributed by atoms with Crippen LogP contribution in [0.3, 0.4) is 0 Å². The Morgan fingerprint density at radius 3 is 2.67 bits per heavy atom. The van der Waals surface area contributed by atoms with Crippen LogP contribution in [0.2, 0.25) is 0 Å². The average molecular weight is 246 g/mol. The van der Waals surface area contributed by atoms with Gasteiger partial charge in [0.15, 0.2) is 0 Å². The number of carbonyl (C=O) groups is 1. The molecule has 0 radical (unpaired) electrons. The minimum Gasteiger partial charge on any atom is -0.478 e. The highest BCUT2D eigenvalue weighted by Gasteiger charge is 2.13. The second kappa shape index (κ2) is 4.48. The van der Waals surface area contributed by atoms with Crippen molar-refractivity contribution in [2.75, 3.05) is 5.32 Å². The van der Waals surface area contributed by atoms with Gasteiger partial charge in [0.2, 0.25) is 0 Å². The van der Waals surface area contributed by atoms with Crippen molar-refractivity contribution in [2.24, 2.45) is 7.05 Å². The van der Waals surface area contributed by atoms with Crippen molar-refractivity contribution in [1.29, 1.82) is 0 Å². The molecule has 2 N–H and O–H groups in total. The number of pyridine rings is 1. The van der Waals surface area contributed by atoms with E-state index in [9.17, 15) is 4.79 Å². The Kier molecular flexibility index (Phi) is 3.01. The molecule has 0 saturated carbocycles. The fraction of sp³-hybridized carbons (Fsp3) is 0.250. The molecule has 6 nitrogen and oxygen atoms in total. The predicted octanol–water partition coefficient (Wildman–Crippen LogP) is 1.87. The molecule has 0 aliphatic heterocycles. The molecule has 2 heterocycles. The Bertz CT molecular complexity index is 604. The lowest BCUT2D eigenvalue weighted by Crippen LogP contribution is -2.05. The molecule has 0 amide bonds. The maximum absolute atomic E-state index is 11.1. The standard InChI is InChI=1S/C12H14N4O2/c1-7-4-5-9(12(17)18)11(13-7)14-10-6-16(3)15-8(10)2/h4-6H,1-3H3,(H,13,14)(H,17,18). The third-order valence-corrected chi connectivity index (χ3v) is 2.53. The summed E-state index contributed by atoms with van der Waals surface area (Å²) in [5, 5.41) is 16.3. The van der Waals surface area contributed by atoms with Crippen LogP contribution in [0, 0.1) is 13.8 Å². The Balaban J connectivity index is 2.42. The number of hydrogen-bond acceptors (Lipinski definition) is 4. The Morgan fingerprint density at radius 1 is 1.39 bits per heavy atom. The van der Waals surface area contributed by atoms with E-state index >= 15 is 0 Å². The van der Waals surface area contributed by atoms with Crippen molar-refractivity contribution in [2.45, 2.75) is 13.8 Å². The van der Waals surface area contributed by atoms with Gasteiger partial charge in [-0.2, -0.15) is 5.10 Å². The van der Waals surface area contributed by atoms with Gasteiger partial charge in [0, 0.05) is 18.9 Å². The molecular weight excluding hydrogens is 232 g/mol. The van der Waals surface area contributed by atoms with Gasteiger partial charge in [-0.25, -0.2) is 9.78 Å². The van der Waals surface area contributed by atoms with E-state index in [0.717, 1.165) is 17.1 Å². The smallest absolute Gasteiger partial charge is 0.339 e. The van der Waals surface area contributed by atoms with Crippen molar-refractivity contribution < 1.29 is 9.90 Å². The Morgan fingerprint density at radius 2 is 2.11 bits per heavy atom. The summed E-state index contributed by atoms with van der Waals surface area (Å²) in [6.07, 6.45) is 1.78. The molecule has 2 aromatic rings. The van der Waals surface area contributed by atoms with E-state index in [0.29, 0.717) is 5.82 Å². The number of aromatic nitrogens is 3. The van der Waals surface area contributed by atoms with Gasteiger partial charge < -0.3 is 10.4 Å². The Labute approximate surface area is 104 Å². The van der Waals surface area contributed by atoms with E-state index in [1.54, 1.807) is 30.1 Å². The summed E-state index contributed by atoms with van der Waals surface area (Å²) in [5.74, 6) is -0.676. The highest BCUT2D eigenvalue weighted by Crippen LogP contribution is 2.21. The van der Waals surface area contributed by atoms with E-state index in [-0.39, 0.29) is 5.56 Å². The maximum Gasteiger partial charge on any atom is 0.339 e. The molecule has 0 aromatic carbocycles. The number of anilines is 2. The lowest BCUT2D eigenvalue weighted by Gasteiger charge is -2.08. The first-order chi connectivity index (χ1) is 8.47. The van der Waals surface area contributed by atoms with Crippen molar-refractivity contribution in [3.63, 3.8) is 0 Å². The summed E-state index contributed by atoms with van der Waals surface area (Å²) in [7, 11) is 1.81. The molecule has 2 aromatic heterocycles. The van der Waals surface area contributed by atoms with Crippen LogP contribution in [0.5, 0.6) is 0 Å². The molecule has 18 heavy (non-hydrogen) atoms. The molecule has 0 spiro atoms. The molecule has 6 heteroatoms. The fourth-order valence-electron chi connectivity index (χ4n) is 1.67. The van der Waals surface area contributed by atoms with Gasteiger partial charge in [0.1, 0.15) is 11.4 Å². The van der Waals surface area contributed by atoms with Crippen molar-refractivity contribution in [3.05, 3.63) is 35.3 Å². The lowest BCUT2D eigenvalue weighted by molar-refractivity contribution is 0.0697. The third-order valence-electron chi connectivity index (χ3n) is 2.53. The van der Waals surface area contributed by atoms with Crippen LogP contribution in [0.15, 0.2) is 18.3 Å². The van der Waals surface area contributed by atoms with Crippen molar-refractivity contribution in [1.82, 2.24) is 14.8 Å². The predicted molar refractivity (Wildman–Crippen MR) is 67.2 cm³/mol. The summed E-state index contributed by atoms with van der Waals surface area (Å²) < 4.78 is 1.66. The topological polar surface area (TPSA) is 80.0 Å². The highest BCUT2D eigenvalue weighted by atomic mass is 16.4. The van der Waals surface area contributed by atoms with Crippen LogP contribution in [0.4, 0.5) is 11.5 Å². The second-order valence-electron chi connectivity index (χ2n) is 4.08. The first-order valence-electron chi connectivity index (χ1n) is 5.45. The number of aromatic carboxylic acids is 1. The lowest BCUT2D eigenvalue weighted by atomic mass is 10.2. The van der Waals surface area contributed by atoms with Crippen LogP contribution < -0.4 is 5.32 Å². The molecule has 0 fully saturated rings.